The van der Waals surface area contributed by atoms with E-state index in [0.29, 0.717) is 0 Å². The molecule has 0 aliphatic carbocycles. The zero-order chi connectivity index (χ0) is 12.0. The number of benzene rings is 2. The summed E-state index contributed by atoms with van der Waals surface area (Å²) in [7, 11) is 2.14. The average Bonchev–Trinajstić information content (AvgIpc) is 2.36. The quantitative estimate of drug-likeness (QED) is 0.405. The molecule has 0 fully saturated rings. The van der Waals surface area contributed by atoms with Crippen molar-refractivity contribution >= 4 is 21.8 Å². The number of nitrogens with zero attached hydrogens (tertiary/aromatic N) is 1. The normalized spacial score (nSPS) is 11.2. The second-order valence-electron chi connectivity index (χ2n) is 4.72. The molecule has 0 bridgehead atoms. The average molecular weight is 222 g/mol. The van der Waals surface area contributed by atoms with Gasteiger partial charge in [-0.2, -0.15) is 4.57 Å². The zero-order valence-corrected chi connectivity index (χ0v) is 10.5. The summed E-state index contributed by atoms with van der Waals surface area (Å²) in [5.74, 6) is 0. The van der Waals surface area contributed by atoms with Gasteiger partial charge in [0.2, 0.25) is 11.0 Å². The Kier molecular flexibility index (Phi) is 2.15. The van der Waals surface area contributed by atoms with Gasteiger partial charge in [-0.15, -0.1) is 0 Å². The summed E-state index contributed by atoms with van der Waals surface area (Å²) in [5, 5.41) is 2.68. The molecule has 84 valence electrons. The summed E-state index contributed by atoms with van der Waals surface area (Å²) in [4.78, 5) is 0. The van der Waals surface area contributed by atoms with Crippen LogP contribution in [0.4, 0.5) is 0 Å². The number of hydrogen-bond acceptors (Lipinski definition) is 0. The van der Waals surface area contributed by atoms with Gasteiger partial charge >= 0.3 is 0 Å². The van der Waals surface area contributed by atoms with Gasteiger partial charge in [-0.05, 0) is 37.1 Å². The summed E-state index contributed by atoms with van der Waals surface area (Å²) in [6.45, 7) is 4.35. The molecular formula is C16H16N+. The molecule has 3 rings (SSSR count). The molecule has 1 heterocycles. The number of fused-ring (bicyclic) bond motifs is 2. The third-order valence-electron chi connectivity index (χ3n) is 3.59. The van der Waals surface area contributed by atoms with Crippen molar-refractivity contribution in [1.82, 2.24) is 0 Å². The van der Waals surface area contributed by atoms with Gasteiger partial charge in [0.1, 0.15) is 7.05 Å². The molecule has 0 amide bonds. The summed E-state index contributed by atoms with van der Waals surface area (Å²) < 4.78 is 2.28. The summed E-state index contributed by atoms with van der Waals surface area (Å²) in [6.07, 6.45) is 0. The molecule has 0 radical (unpaired) electrons. The van der Waals surface area contributed by atoms with Gasteiger partial charge in [0, 0.05) is 22.9 Å². The SMILES string of the molecule is Cc1ccc2c(C)c3ccccc3[n+](C)c2c1. The molecular weight excluding hydrogens is 206 g/mol. The maximum atomic E-state index is 2.28. The molecule has 0 aliphatic heterocycles. The third kappa shape index (κ3) is 1.42. The van der Waals surface area contributed by atoms with Crippen molar-refractivity contribution in [3.8, 4) is 0 Å². The van der Waals surface area contributed by atoms with Crippen LogP contribution in [0.25, 0.3) is 21.8 Å². The van der Waals surface area contributed by atoms with Crippen molar-refractivity contribution in [3.05, 3.63) is 53.6 Å². The maximum Gasteiger partial charge on any atom is 0.213 e. The highest BCUT2D eigenvalue weighted by Gasteiger charge is 2.14. The zero-order valence-electron chi connectivity index (χ0n) is 10.5. The number of aromatic nitrogens is 1. The van der Waals surface area contributed by atoms with Crippen molar-refractivity contribution < 1.29 is 4.57 Å². The van der Waals surface area contributed by atoms with Gasteiger partial charge < -0.3 is 0 Å². The Morgan fingerprint density at radius 2 is 1.53 bits per heavy atom. The highest BCUT2D eigenvalue weighted by molar-refractivity contribution is 5.93. The van der Waals surface area contributed by atoms with Crippen LogP contribution in [0, 0.1) is 13.8 Å². The highest BCUT2D eigenvalue weighted by Crippen LogP contribution is 2.24. The Morgan fingerprint density at radius 3 is 2.35 bits per heavy atom. The molecule has 2 aromatic carbocycles. The molecule has 17 heavy (non-hydrogen) atoms. The van der Waals surface area contributed by atoms with Crippen LogP contribution in [0.5, 0.6) is 0 Å². The second kappa shape index (κ2) is 3.56. The van der Waals surface area contributed by atoms with Crippen LogP contribution >= 0.6 is 0 Å². The fourth-order valence-electron chi connectivity index (χ4n) is 2.59. The van der Waals surface area contributed by atoms with E-state index in [1.807, 2.05) is 0 Å². The Morgan fingerprint density at radius 1 is 0.824 bits per heavy atom. The third-order valence-corrected chi connectivity index (χ3v) is 3.59. The molecule has 1 heteroatoms. The van der Waals surface area contributed by atoms with Crippen LogP contribution in [0.3, 0.4) is 0 Å². The maximum absolute atomic E-state index is 2.28. The fourth-order valence-corrected chi connectivity index (χ4v) is 2.59. The van der Waals surface area contributed by atoms with Crippen molar-refractivity contribution in [2.75, 3.05) is 0 Å². The molecule has 0 atom stereocenters. The van der Waals surface area contributed by atoms with E-state index in [0.717, 1.165) is 0 Å². The van der Waals surface area contributed by atoms with Crippen molar-refractivity contribution in [2.45, 2.75) is 13.8 Å². The van der Waals surface area contributed by atoms with Crippen LogP contribution in [-0.2, 0) is 7.05 Å². The molecule has 0 unspecified atom stereocenters. The van der Waals surface area contributed by atoms with E-state index in [2.05, 4.69) is 67.9 Å². The van der Waals surface area contributed by atoms with E-state index < -0.39 is 0 Å². The standard InChI is InChI=1S/C16H16N/c1-11-8-9-14-12(2)13-6-4-5-7-15(13)17(3)16(14)10-11/h4-10H,1-3H3/q+1. The molecule has 0 saturated heterocycles. The Labute approximate surface area is 101 Å². The minimum Gasteiger partial charge on any atom is -0.194 e. The minimum absolute atomic E-state index is 1.29. The van der Waals surface area contributed by atoms with Gasteiger partial charge in [0.25, 0.3) is 0 Å². The van der Waals surface area contributed by atoms with E-state index in [1.54, 1.807) is 0 Å². The van der Waals surface area contributed by atoms with Crippen molar-refractivity contribution in [1.29, 1.82) is 0 Å². The van der Waals surface area contributed by atoms with Crippen LogP contribution in [0.1, 0.15) is 11.1 Å². The Bertz CT molecular complexity index is 726. The van der Waals surface area contributed by atoms with Crippen LogP contribution < -0.4 is 4.57 Å². The van der Waals surface area contributed by atoms with Crippen LogP contribution in [0.15, 0.2) is 42.5 Å². The monoisotopic (exact) mass is 222 g/mol. The van der Waals surface area contributed by atoms with Gasteiger partial charge in [0.05, 0.1) is 0 Å². The lowest BCUT2D eigenvalue weighted by Crippen LogP contribution is -2.30. The first-order valence-corrected chi connectivity index (χ1v) is 5.96. The van der Waals surface area contributed by atoms with E-state index in [-0.39, 0.29) is 0 Å². The van der Waals surface area contributed by atoms with Gasteiger partial charge in [-0.1, -0.05) is 18.2 Å². The van der Waals surface area contributed by atoms with Gasteiger partial charge in [-0.3, -0.25) is 0 Å². The summed E-state index contributed by atoms with van der Waals surface area (Å²) >= 11 is 0. The molecule has 0 N–H and O–H groups in total. The predicted molar refractivity (Wildman–Crippen MR) is 72.1 cm³/mol. The first-order chi connectivity index (χ1) is 8.18. The number of para-hydroxylation sites is 1. The van der Waals surface area contributed by atoms with Crippen LogP contribution in [0.2, 0.25) is 0 Å². The topological polar surface area (TPSA) is 3.88 Å². The van der Waals surface area contributed by atoms with E-state index in [4.69, 9.17) is 0 Å². The molecule has 0 saturated carbocycles. The number of rotatable bonds is 0. The summed E-state index contributed by atoms with van der Waals surface area (Å²) in [5.41, 5.74) is 5.28. The van der Waals surface area contributed by atoms with Gasteiger partial charge in [0.15, 0.2) is 0 Å². The summed E-state index contributed by atoms with van der Waals surface area (Å²) in [6, 6.07) is 15.3. The van der Waals surface area contributed by atoms with Crippen LogP contribution in [-0.4, -0.2) is 0 Å². The van der Waals surface area contributed by atoms with Gasteiger partial charge in [-0.25, -0.2) is 0 Å². The van der Waals surface area contributed by atoms with Crippen molar-refractivity contribution in [3.63, 3.8) is 0 Å². The largest absolute Gasteiger partial charge is 0.213 e. The minimum atomic E-state index is 1.29. The number of hydrogen-bond donors (Lipinski definition) is 0. The fraction of sp³-hybridized carbons (Fsp3) is 0.188. The van der Waals surface area contributed by atoms with E-state index in [1.165, 1.54) is 32.9 Å². The lowest BCUT2D eigenvalue weighted by Gasteiger charge is -2.06. The predicted octanol–water partition coefficient (Wildman–Crippen LogP) is 3.43. The second-order valence-corrected chi connectivity index (χ2v) is 4.72. The first kappa shape index (κ1) is 10.3. The lowest BCUT2D eigenvalue weighted by atomic mass is 10.0. The Hall–Kier alpha value is -1.89. The van der Waals surface area contributed by atoms with E-state index >= 15 is 0 Å². The molecule has 1 aromatic heterocycles. The molecule has 0 aliphatic rings. The smallest absolute Gasteiger partial charge is 0.194 e. The highest BCUT2D eigenvalue weighted by atomic mass is 14.9. The molecule has 1 nitrogen and oxygen atoms in total. The number of aryl methyl sites for hydroxylation is 3. The van der Waals surface area contributed by atoms with E-state index in [9.17, 15) is 0 Å². The molecule has 0 spiro atoms. The number of pyridine rings is 1. The molecule has 3 aromatic rings. The Balaban J connectivity index is 2.63. The van der Waals surface area contributed by atoms with Crippen molar-refractivity contribution in [2.24, 2.45) is 7.05 Å². The lowest BCUT2D eigenvalue weighted by molar-refractivity contribution is -0.617. The first-order valence-electron chi connectivity index (χ1n) is 5.96.